The largest absolute Gasteiger partial charge is 0.358 e. The molecule has 1 fully saturated rings. The molecule has 1 aromatic carbocycles. The summed E-state index contributed by atoms with van der Waals surface area (Å²) >= 11 is 4.97. The standard InChI is InChI=1S/C12H12BrN3S/c1-7-2-3-8(6-10(7)13)11-15-12(17-16-11)14-9-4-5-9/h2-3,6,9H,4-5H2,1H3,(H,14,15,16). The molecule has 0 unspecified atom stereocenters. The monoisotopic (exact) mass is 309 g/mol. The van der Waals surface area contributed by atoms with Gasteiger partial charge >= 0.3 is 0 Å². The molecule has 3 rings (SSSR count). The van der Waals surface area contributed by atoms with Crippen molar-refractivity contribution in [3.8, 4) is 11.4 Å². The fourth-order valence-corrected chi connectivity index (χ4v) is 2.58. The number of nitrogens with one attached hydrogen (secondary N) is 1. The first kappa shape index (κ1) is 11.2. The molecule has 1 N–H and O–H groups in total. The van der Waals surface area contributed by atoms with Gasteiger partial charge in [-0.3, -0.25) is 0 Å². The average Bonchev–Trinajstić information content (AvgIpc) is 2.99. The Labute approximate surface area is 113 Å². The van der Waals surface area contributed by atoms with E-state index < -0.39 is 0 Å². The minimum Gasteiger partial charge on any atom is -0.358 e. The summed E-state index contributed by atoms with van der Waals surface area (Å²) in [5, 5.41) is 4.29. The van der Waals surface area contributed by atoms with Crippen molar-refractivity contribution < 1.29 is 0 Å². The first-order valence-corrected chi connectivity index (χ1v) is 7.16. The molecule has 0 spiro atoms. The van der Waals surface area contributed by atoms with E-state index in [2.05, 4.69) is 55.7 Å². The molecular weight excluding hydrogens is 298 g/mol. The Morgan fingerprint density at radius 2 is 2.24 bits per heavy atom. The van der Waals surface area contributed by atoms with Crippen LogP contribution in [0.1, 0.15) is 18.4 Å². The van der Waals surface area contributed by atoms with Crippen molar-refractivity contribution in [2.45, 2.75) is 25.8 Å². The molecule has 0 aliphatic heterocycles. The Balaban J connectivity index is 1.86. The number of benzene rings is 1. The summed E-state index contributed by atoms with van der Waals surface area (Å²) in [5.41, 5.74) is 2.28. The number of hydrogen-bond donors (Lipinski definition) is 1. The van der Waals surface area contributed by atoms with Gasteiger partial charge in [0, 0.05) is 27.6 Å². The molecule has 0 bridgehead atoms. The maximum absolute atomic E-state index is 4.51. The van der Waals surface area contributed by atoms with Crippen molar-refractivity contribution in [3.05, 3.63) is 28.2 Å². The van der Waals surface area contributed by atoms with Crippen LogP contribution in [0.25, 0.3) is 11.4 Å². The van der Waals surface area contributed by atoms with Crippen LogP contribution in [-0.4, -0.2) is 15.4 Å². The molecule has 1 heterocycles. The van der Waals surface area contributed by atoms with Crippen LogP contribution in [0.3, 0.4) is 0 Å². The molecule has 2 aromatic rings. The van der Waals surface area contributed by atoms with Gasteiger partial charge in [-0.2, -0.15) is 9.36 Å². The highest BCUT2D eigenvalue weighted by molar-refractivity contribution is 9.10. The molecule has 0 saturated heterocycles. The van der Waals surface area contributed by atoms with E-state index in [1.807, 2.05) is 0 Å². The highest BCUT2D eigenvalue weighted by atomic mass is 79.9. The number of hydrogen-bond acceptors (Lipinski definition) is 4. The Morgan fingerprint density at radius 3 is 2.94 bits per heavy atom. The van der Waals surface area contributed by atoms with Crippen molar-refractivity contribution in [1.29, 1.82) is 0 Å². The smallest absolute Gasteiger partial charge is 0.203 e. The van der Waals surface area contributed by atoms with Crippen LogP contribution in [0.2, 0.25) is 0 Å². The average molecular weight is 310 g/mol. The van der Waals surface area contributed by atoms with E-state index in [4.69, 9.17) is 0 Å². The third-order valence-electron chi connectivity index (χ3n) is 2.76. The summed E-state index contributed by atoms with van der Waals surface area (Å²) in [7, 11) is 0. The predicted octanol–water partition coefficient (Wildman–Crippen LogP) is 3.85. The number of nitrogens with zero attached hydrogens (tertiary/aromatic N) is 2. The van der Waals surface area contributed by atoms with Crippen LogP contribution in [-0.2, 0) is 0 Å². The third kappa shape index (κ3) is 2.50. The summed E-state index contributed by atoms with van der Waals surface area (Å²) in [6.07, 6.45) is 2.51. The summed E-state index contributed by atoms with van der Waals surface area (Å²) in [6, 6.07) is 6.83. The van der Waals surface area contributed by atoms with Crippen LogP contribution >= 0.6 is 27.5 Å². The highest BCUT2D eigenvalue weighted by Crippen LogP contribution is 2.29. The van der Waals surface area contributed by atoms with Crippen molar-refractivity contribution in [2.24, 2.45) is 0 Å². The van der Waals surface area contributed by atoms with Gasteiger partial charge in [0.1, 0.15) is 0 Å². The zero-order valence-electron chi connectivity index (χ0n) is 9.40. The van der Waals surface area contributed by atoms with Gasteiger partial charge in [-0.15, -0.1) is 0 Å². The Bertz CT molecular complexity index is 548. The van der Waals surface area contributed by atoms with E-state index in [0.717, 1.165) is 21.0 Å². The molecule has 17 heavy (non-hydrogen) atoms. The number of aromatic nitrogens is 2. The molecule has 0 atom stereocenters. The van der Waals surface area contributed by atoms with Crippen molar-refractivity contribution >= 4 is 32.6 Å². The zero-order valence-corrected chi connectivity index (χ0v) is 11.8. The van der Waals surface area contributed by atoms with Gasteiger partial charge in [0.15, 0.2) is 5.82 Å². The van der Waals surface area contributed by atoms with Crippen LogP contribution < -0.4 is 5.32 Å². The lowest BCUT2D eigenvalue weighted by molar-refractivity contribution is 1.14. The van der Waals surface area contributed by atoms with Crippen LogP contribution in [0.15, 0.2) is 22.7 Å². The van der Waals surface area contributed by atoms with E-state index in [-0.39, 0.29) is 0 Å². The molecule has 1 aliphatic rings. The zero-order chi connectivity index (χ0) is 11.8. The lowest BCUT2D eigenvalue weighted by Crippen LogP contribution is -1.99. The van der Waals surface area contributed by atoms with E-state index >= 15 is 0 Å². The maximum Gasteiger partial charge on any atom is 0.203 e. The third-order valence-corrected chi connectivity index (χ3v) is 4.26. The Hall–Kier alpha value is -0.940. The molecule has 0 radical (unpaired) electrons. The number of halogens is 1. The van der Waals surface area contributed by atoms with E-state index in [1.54, 1.807) is 0 Å². The lowest BCUT2D eigenvalue weighted by atomic mass is 10.1. The van der Waals surface area contributed by atoms with E-state index in [0.29, 0.717) is 6.04 Å². The first-order chi connectivity index (χ1) is 8.22. The Morgan fingerprint density at radius 1 is 1.41 bits per heavy atom. The number of rotatable bonds is 3. The highest BCUT2D eigenvalue weighted by Gasteiger charge is 2.22. The van der Waals surface area contributed by atoms with Crippen LogP contribution in [0, 0.1) is 6.92 Å². The van der Waals surface area contributed by atoms with Crippen molar-refractivity contribution in [1.82, 2.24) is 9.36 Å². The summed E-state index contributed by atoms with van der Waals surface area (Å²) in [5.74, 6) is 0.804. The van der Waals surface area contributed by atoms with Gasteiger partial charge in [-0.25, -0.2) is 0 Å². The molecule has 1 aliphatic carbocycles. The van der Waals surface area contributed by atoms with Gasteiger partial charge in [0.2, 0.25) is 5.13 Å². The molecular formula is C12H12BrN3S. The second-order valence-electron chi connectivity index (χ2n) is 4.31. The van der Waals surface area contributed by atoms with Gasteiger partial charge in [0.25, 0.3) is 0 Å². The SMILES string of the molecule is Cc1ccc(-c2nsc(NC3CC3)n2)cc1Br. The molecule has 1 saturated carbocycles. The van der Waals surface area contributed by atoms with E-state index in [1.165, 1.54) is 29.9 Å². The normalized spacial score (nSPS) is 14.9. The summed E-state index contributed by atoms with van der Waals surface area (Å²) in [6.45, 7) is 2.07. The molecule has 0 amide bonds. The van der Waals surface area contributed by atoms with Gasteiger partial charge in [-0.1, -0.05) is 28.1 Å². The number of anilines is 1. The predicted molar refractivity (Wildman–Crippen MR) is 74.4 cm³/mol. The minimum absolute atomic E-state index is 0.626. The first-order valence-electron chi connectivity index (χ1n) is 5.59. The van der Waals surface area contributed by atoms with Crippen LogP contribution in [0.5, 0.6) is 0 Å². The quantitative estimate of drug-likeness (QED) is 0.935. The van der Waals surface area contributed by atoms with E-state index in [9.17, 15) is 0 Å². The fourth-order valence-electron chi connectivity index (χ4n) is 1.53. The molecule has 3 nitrogen and oxygen atoms in total. The van der Waals surface area contributed by atoms with Gasteiger partial charge in [0.05, 0.1) is 0 Å². The van der Waals surface area contributed by atoms with Gasteiger partial charge < -0.3 is 5.32 Å². The van der Waals surface area contributed by atoms with Crippen LogP contribution in [0.4, 0.5) is 5.13 Å². The molecule has 5 heteroatoms. The molecule has 88 valence electrons. The summed E-state index contributed by atoms with van der Waals surface area (Å²) < 4.78 is 5.48. The fraction of sp³-hybridized carbons (Fsp3) is 0.333. The van der Waals surface area contributed by atoms with Crippen molar-refractivity contribution in [3.63, 3.8) is 0 Å². The Kier molecular flexibility index (Phi) is 2.88. The second kappa shape index (κ2) is 4.38. The second-order valence-corrected chi connectivity index (χ2v) is 5.91. The minimum atomic E-state index is 0.626. The topological polar surface area (TPSA) is 37.8 Å². The van der Waals surface area contributed by atoms with Crippen molar-refractivity contribution in [2.75, 3.05) is 5.32 Å². The lowest BCUT2D eigenvalue weighted by Gasteiger charge is -2.00. The molecule has 1 aromatic heterocycles. The summed E-state index contributed by atoms with van der Waals surface area (Å²) in [4.78, 5) is 4.51. The number of aryl methyl sites for hydroxylation is 1. The maximum atomic E-state index is 4.51. The van der Waals surface area contributed by atoms with Gasteiger partial charge in [-0.05, 0) is 31.4 Å².